The molecule has 1 saturated heterocycles. The number of rotatable bonds is 4. The van der Waals surface area contributed by atoms with E-state index >= 15 is 0 Å². The predicted octanol–water partition coefficient (Wildman–Crippen LogP) is 1.90. The van der Waals surface area contributed by atoms with Crippen LogP contribution in [0.4, 0.5) is 0 Å². The molecule has 4 rings (SSSR count). The van der Waals surface area contributed by atoms with Crippen molar-refractivity contribution in [2.45, 2.75) is 65.1 Å². The van der Waals surface area contributed by atoms with Crippen molar-refractivity contribution in [1.29, 1.82) is 0 Å². The van der Waals surface area contributed by atoms with Crippen LogP contribution < -0.4 is 11.1 Å². The summed E-state index contributed by atoms with van der Waals surface area (Å²) < 4.78 is 0. The molecule has 3 aliphatic carbocycles. The monoisotopic (exact) mass is 305 g/mol. The Kier molecular flexibility index (Phi) is 4.11. The molecule has 0 unspecified atom stereocenters. The minimum absolute atomic E-state index is 0.0563. The lowest BCUT2D eigenvalue weighted by molar-refractivity contribution is -0.126. The van der Waals surface area contributed by atoms with Crippen LogP contribution in [0.15, 0.2) is 11.6 Å². The molecule has 1 saturated carbocycles. The largest absolute Gasteiger partial charge is 0.353 e. The van der Waals surface area contributed by atoms with Crippen LogP contribution in [0, 0.1) is 17.3 Å². The Hall–Kier alpha value is -0.870. The third kappa shape index (κ3) is 2.71. The van der Waals surface area contributed by atoms with Gasteiger partial charge in [-0.25, -0.2) is 0 Å². The molecule has 0 radical (unpaired) electrons. The number of hydrogen-bond donors (Lipinski definition) is 2. The van der Waals surface area contributed by atoms with E-state index < -0.39 is 0 Å². The first-order valence-corrected chi connectivity index (χ1v) is 8.78. The number of fused-ring (bicyclic) bond motifs is 1. The van der Waals surface area contributed by atoms with Gasteiger partial charge in [0.15, 0.2) is 0 Å². The summed E-state index contributed by atoms with van der Waals surface area (Å²) in [6.07, 6.45) is 5.76. The Morgan fingerprint density at radius 3 is 2.77 bits per heavy atom. The molecule has 2 bridgehead atoms. The maximum absolute atomic E-state index is 12.4. The van der Waals surface area contributed by atoms with Crippen molar-refractivity contribution in [2.75, 3.05) is 13.1 Å². The number of nitrogens with zero attached hydrogens (tertiary/aromatic N) is 1. The molecule has 4 atom stereocenters. The number of nitrogens with two attached hydrogens (primary N) is 1. The maximum Gasteiger partial charge on any atom is 0.237 e. The van der Waals surface area contributed by atoms with Crippen LogP contribution in [-0.2, 0) is 4.79 Å². The van der Waals surface area contributed by atoms with E-state index in [4.69, 9.17) is 5.73 Å². The lowest BCUT2D eigenvalue weighted by Crippen LogP contribution is -2.51. The number of carbonyl (C=O) groups excluding carboxylic acids is 1. The molecule has 0 aromatic heterocycles. The number of hydrogen-bond acceptors (Lipinski definition) is 3. The normalized spacial score (nSPS) is 36.9. The first-order chi connectivity index (χ1) is 10.3. The van der Waals surface area contributed by atoms with Gasteiger partial charge >= 0.3 is 0 Å². The maximum atomic E-state index is 12.4. The van der Waals surface area contributed by atoms with E-state index in [9.17, 15) is 4.79 Å². The van der Waals surface area contributed by atoms with Gasteiger partial charge in [-0.05, 0) is 50.4 Å². The van der Waals surface area contributed by atoms with Gasteiger partial charge in [-0.15, -0.1) is 0 Å². The molecule has 2 fully saturated rings. The number of carbonyl (C=O) groups is 1. The van der Waals surface area contributed by atoms with Gasteiger partial charge in [0.25, 0.3) is 0 Å². The Balaban J connectivity index is 1.68. The molecular formula is C18H31N3O. The van der Waals surface area contributed by atoms with E-state index in [1.54, 1.807) is 5.57 Å². The Labute approximate surface area is 134 Å². The molecule has 1 aliphatic heterocycles. The molecule has 3 N–H and O–H groups in total. The highest BCUT2D eigenvalue weighted by Crippen LogP contribution is 2.59. The number of likely N-dealkylation sites (tertiary alicyclic amines) is 1. The van der Waals surface area contributed by atoms with Gasteiger partial charge < -0.3 is 11.1 Å². The van der Waals surface area contributed by atoms with Crippen LogP contribution in [0.2, 0.25) is 0 Å². The van der Waals surface area contributed by atoms with E-state index in [0.717, 1.165) is 25.4 Å². The van der Waals surface area contributed by atoms with Crippen LogP contribution in [0.3, 0.4) is 0 Å². The van der Waals surface area contributed by atoms with E-state index in [1.807, 2.05) is 13.8 Å². The highest BCUT2D eigenvalue weighted by atomic mass is 16.2. The molecule has 1 heterocycles. The summed E-state index contributed by atoms with van der Waals surface area (Å²) in [6, 6.07) is 0.250. The van der Waals surface area contributed by atoms with Gasteiger partial charge in [0.2, 0.25) is 5.91 Å². The summed E-state index contributed by atoms with van der Waals surface area (Å²) in [7, 11) is 0. The average molecular weight is 305 g/mol. The second-order valence-electron chi connectivity index (χ2n) is 8.43. The van der Waals surface area contributed by atoms with E-state index in [2.05, 4.69) is 30.1 Å². The Bertz CT molecular complexity index is 483. The van der Waals surface area contributed by atoms with Crippen molar-refractivity contribution >= 4 is 5.91 Å². The molecular weight excluding hydrogens is 274 g/mol. The van der Waals surface area contributed by atoms with Gasteiger partial charge in [-0.2, -0.15) is 0 Å². The topological polar surface area (TPSA) is 58.4 Å². The van der Waals surface area contributed by atoms with Gasteiger partial charge in [0, 0.05) is 25.2 Å². The fourth-order valence-corrected chi connectivity index (χ4v) is 4.66. The third-order valence-electron chi connectivity index (χ3n) is 6.14. The summed E-state index contributed by atoms with van der Waals surface area (Å²) in [5.41, 5.74) is 8.14. The van der Waals surface area contributed by atoms with E-state index in [0.29, 0.717) is 11.3 Å². The second kappa shape index (κ2) is 5.64. The van der Waals surface area contributed by atoms with Crippen molar-refractivity contribution < 1.29 is 4.79 Å². The van der Waals surface area contributed by atoms with Crippen molar-refractivity contribution in [3.63, 3.8) is 0 Å². The van der Waals surface area contributed by atoms with Crippen LogP contribution in [0.1, 0.15) is 47.0 Å². The van der Waals surface area contributed by atoms with Crippen molar-refractivity contribution in [2.24, 2.45) is 23.0 Å². The van der Waals surface area contributed by atoms with Crippen LogP contribution >= 0.6 is 0 Å². The van der Waals surface area contributed by atoms with E-state index in [1.165, 1.54) is 12.8 Å². The summed E-state index contributed by atoms with van der Waals surface area (Å²) >= 11 is 0. The smallest absolute Gasteiger partial charge is 0.237 e. The average Bonchev–Trinajstić information content (AvgIpc) is 2.79. The van der Waals surface area contributed by atoms with Gasteiger partial charge in [-0.1, -0.05) is 25.5 Å². The summed E-state index contributed by atoms with van der Waals surface area (Å²) in [5.74, 6) is 1.71. The van der Waals surface area contributed by atoms with Crippen molar-refractivity contribution in [3.05, 3.63) is 11.6 Å². The van der Waals surface area contributed by atoms with Crippen molar-refractivity contribution in [1.82, 2.24) is 10.2 Å². The highest BCUT2D eigenvalue weighted by molar-refractivity contribution is 5.82. The highest BCUT2D eigenvalue weighted by Gasteiger charge is 2.51. The molecule has 4 heteroatoms. The van der Waals surface area contributed by atoms with Crippen molar-refractivity contribution in [3.8, 4) is 0 Å². The van der Waals surface area contributed by atoms with Crippen LogP contribution in [0.5, 0.6) is 0 Å². The zero-order valence-corrected chi connectivity index (χ0v) is 14.4. The molecule has 0 aromatic carbocycles. The second-order valence-corrected chi connectivity index (χ2v) is 8.43. The van der Waals surface area contributed by atoms with Gasteiger partial charge in [0.05, 0.1) is 6.04 Å². The number of nitrogens with one attached hydrogen (secondary N) is 1. The predicted molar refractivity (Wildman–Crippen MR) is 89.3 cm³/mol. The minimum Gasteiger partial charge on any atom is -0.353 e. The minimum atomic E-state index is -0.0563. The molecule has 4 aliphatic rings. The summed E-state index contributed by atoms with van der Waals surface area (Å²) in [4.78, 5) is 14.8. The molecule has 0 aromatic rings. The zero-order valence-electron chi connectivity index (χ0n) is 14.4. The quantitative estimate of drug-likeness (QED) is 0.780. The first-order valence-electron chi connectivity index (χ1n) is 8.78. The molecule has 22 heavy (non-hydrogen) atoms. The lowest BCUT2D eigenvalue weighted by atomic mass is 9.49. The fraction of sp³-hybridized carbons (Fsp3) is 0.833. The zero-order chi connectivity index (χ0) is 16.1. The number of allylic oxidation sites excluding steroid dienone is 1. The fourth-order valence-electron chi connectivity index (χ4n) is 4.66. The van der Waals surface area contributed by atoms with Gasteiger partial charge in [0.1, 0.15) is 0 Å². The van der Waals surface area contributed by atoms with E-state index in [-0.39, 0.29) is 24.0 Å². The Morgan fingerprint density at radius 2 is 2.18 bits per heavy atom. The molecule has 4 nitrogen and oxygen atoms in total. The first kappa shape index (κ1) is 16.0. The van der Waals surface area contributed by atoms with Gasteiger partial charge in [-0.3, -0.25) is 9.69 Å². The Morgan fingerprint density at radius 1 is 1.45 bits per heavy atom. The standard InChI is InChI=1S/C18H31N3O/c1-11(2)20-17(22)16-8-14(19)10-21(16)9-12-5-6-13-7-15(12)18(13,3)4/h5,11,13-16H,6-10,19H2,1-4H3,(H,20,22)/t13-,14+,15-,16-/m0/s1. The SMILES string of the molecule is CC(C)NC(=O)[C@@H]1C[C@@H](N)CN1CC1=CC[C@H]2C[C@@H]1C2(C)C. The summed E-state index contributed by atoms with van der Waals surface area (Å²) in [5, 5.41) is 3.05. The van der Waals surface area contributed by atoms with Crippen LogP contribution in [0.25, 0.3) is 0 Å². The lowest BCUT2D eigenvalue weighted by Gasteiger charge is -2.57. The molecule has 0 spiro atoms. The molecule has 124 valence electrons. The third-order valence-corrected chi connectivity index (χ3v) is 6.14. The number of amides is 1. The van der Waals surface area contributed by atoms with Crippen LogP contribution in [-0.4, -0.2) is 42.0 Å². The molecule has 1 amide bonds. The summed E-state index contributed by atoms with van der Waals surface area (Å²) in [6.45, 7) is 10.6.